The number of H-pyrrole nitrogens is 1. The molecule has 0 saturated carbocycles. The molecule has 0 unspecified atom stereocenters. The minimum Gasteiger partial charge on any atom is -0.390 e. The predicted molar refractivity (Wildman–Crippen MR) is 58.3 cm³/mol. The average Bonchev–Trinajstić information content (AvgIpc) is 2.85. The maximum Gasteiger partial charge on any atom is 0.0847 e. The van der Waals surface area contributed by atoms with E-state index < -0.39 is 0 Å². The lowest BCUT2D eigenvalue weighted by Gasteiger charge is -2.26. The summed E-state index contributed by atoms with van der Waals surface area (Å²) in [5.41, 5.74) is 1.88. The summed E-state index contributed by atoms with van der Waals surface area (Å²) in [5.74, 6) is 0. The van der Waals surface area contributed by atoms with Crippen LogP contribution < -0.4 is 0 Å². The van der Waals surface area contributed by atoms with Crippen molar-refractivity contribution in [3.05, 3.63) is 17.5 Å². The van der Waals surface area contributed by atoms with Crippen LogP contribution in [0.4, 0.5) is 0 Å². The summed E-state index contributed by atoms with van der Waals surface area (Å²) in [7, 11) is 0. The van der Waals surface area contributed by atoms with Gasteiger partial charge in [-0.05, 0) is 39.3 Å². The fourth-order valence-electron chi connectivity index (χ4n) is 2.36. The van der Waals surface area contributed by atoms with Crippen LogP contribution in [-0.2, 0) is 6.61 Å². The number of aliphatic hydroxyl groups excluding tert-OH is 1. The molecule has 0 amide bonds. The van der Waals surface area contributed by atoms with Crippen molar-refractivity contribution in [2.45, 2.75) is 45.4 Å². The Hall–Kier alpha value is -0.870. The van der Waals surface area contributed by atoms with Crippen molar-refractivity contribution in [3.8, 4) is 0 Å². The first-order chi connectivity index (χ1) is 7.22. The minimum atomic E-state index is 0.0431. The van der Waals surface area contributed by atoms with Gasteiger partial charge in [0.25, 0.3) is 0 Å². The largest absolute Gasteiger partial charge is 0.390 e. The molecule has 15 heavy (non-hydrogen) atoms. The lowest BCUT2D eigenvalue weighted by Crippen LogP contribution is -2.30. The van der Waals surface area contributed by atoms with Crippen LogP contribution >= 0.6 is 0 Å². The monoisotopic (exact) mass is 209 g/mol. The quantitative estimate of drug-likeness (QED) is 0.792. The third-order valence-electron chi connectivity index (χ3n) is 3.12. The van der Waals surface area contributed by atoms with Crippen molar-refractivity contribution in [1.82, 2.24) is 15.1 Å². The van der Waals surface area contributed by atoms with Gasteiger partial charge in [0.15, 0.2) is 0 Å². The number of nitrogens with zero attached hydrogens (tertiary/aromatic N) is 2. The highest BCUT2D eigenvalue weighted by atomic mass is 16.3. The smallest absolute Gasteiger partial charge is 0.0847 e. The van der Waals surface area contributed by atoms with Crippen molar-refractivity contribution >= 4 is 0 Å². The predicted octanol–water partition coefficient (Wildman–Crippen LogP) is 1.45. The summed E-state index contributed by atoms with van der Waals surface area (Å²) in [4.78, 5) is 2.47. The molecule has 0 aromatic carbocycles. The first-order valence-electron chi connectivity index (χ1n) is 5.63. The number of hydrogen-bond donors (Lipinski definition) is 2. The zero-order valence-electron chi connectivity index (χ0n) is 9.40. The van der Waals surface area contributed by atoms with Crippen molar-refractivity contribution in [2.75, 3.05) is 6.54 Å². The van der Waals surface area contributed by atoms with Crippen molar-refractivity contribution in [1.29, 1.82) is 0 Å². The summed E-state index contributed by atoms with van der Waals surface area (Å²) >= 11 is 0. The Morgan fingerprint density at radius 1 is 1.67 bits per heavy atom. The second kappa shape index (κ2) is 4.33. The van der Waals surface area contributed by atoms with Gasteiger partial charge in [-0.25, -0.2) is 0 Å². The maximum atomic E-state index is 8.98. The average molecular weight is 209 g/mol. The Balaban J connectivity index is 2.15. The van der Waals surface area contributed by atoms with Crippen LogP contribution in [0.2, 0.25) is 0 Å². The van der Waals surface area contributed by atoms with Crippen LogP contribution in [0.3, 0.4) is 0 Å². The molecular formula is C11H19N3O. The highest BCUT2D eigenvalue weighted by Crippen LogP contribution is 2.32. The Morgan fingerprint density at radius 2 is 2.47 bits per heavy atom. The van der Waals surface area contributed by atoms with Crippen LogP contribution in [-0.4, -0.2) is 32.8 Å². The molecule has 4 heteroatoms. The van der Waals surface area contributed by atoms with E-state index in [0.717, 1.165) is 17.9 Å². The third-order valence-corrected chi connectivity index (χ3v) is 3.12. The molecule has 1 aliphatic rings. The number of aromatic nitrogens is 2. The van der Waals surface area contributed by atoms with Crippen molar-refractivity contribution in [3.63, 3.8) is 0 Å². The third kappa shape index (κ3) is 2.06. The van der Waals surface area contributed by atoms with Crippen LogP contribution in [0.25, 0.3) is 0 Å². The van der Waals surface area contributed by atoms with Crippen molar-refractivity contribution < 1.29 is 5.11 Å². The molecule has 2 N–H and O–H groups in total. The van der Waals surface area contributed by atoms with E-state index in [1.54, 1.807) is 0 Å². The van der Waals surface area contributed by atoms with E-state index in [0.29, 0.717) is 12.1 Å². The fraction of sp³-hybridized carbons (Fsp3) is 0.727. The molecule has 1 aromatic rings. The number of aliphatic hydroxyl groups is 1. The van der Waals surface area contributed by atoms with E-state index >= 15 is 0 Å². The molecular weight excluding hydrogens is 190 g/mol. The first kappa shape index (κ1) is 10.6. The molecule has 1 atom stereocenters. The molecule has 84 valence electrons. The fourth-order valence-corrected chi connectivity index (χ4v) is 2.36. The zero-order chi connectivity index (χ0) is 10.8. The number of aromatic amines is 1. The first-order valence-corrected chi connectivity index (χ1v) is 5.63. The van der Waals surface area contributed by atoms with Gasteiger partial charge in [-0.2, -0.15) is 5.10 Å². The Labute approximate surface area is 90.3 Å². The second-order valence-corrected chi connectivity index (χ2v) is 4.47. The molecule has 0 radical (unpaired) electrons. The molecule has 1 fully saturated rings. The normalized spacial score (nSPS) is 22.8. The maximum absolute atomic E-state index is 8.98. The van der Waals surface area contributed by atoms with E-state index in [2.05, 4.69) is 28.9 Å². The van der Waals surface area contributed by atoms with E-state index in [4.69, 9.17) is 5.11 Å². The summed E-state index contributed by atoms with van der Waals surface area (Å²) in [5, 5.41) is 16.1. The van der Waals surface area contributed by atoms with Gasteiger partial charge in [0.1, 0.15) is 0 Å². The lowest BCUT2D eigenvalue weighted by atomic mass is 10.1. The summed E-state index contributed by atoms with van der Waals surface area (Å²) in [6.45, 7) is 5.64. The van der Waals surface area contributed by atoms with Gasteiger partial charge in [-0.3, -0.25) is 10.00 Å². The number of hydrogen-bond acceptors (Lipinski definition) is 3. The lowest BCUT2D eigenvalue weighted by molar-refractivity contribution is 0.202. The van der Waals surface area contributed by atoms with E-state index in [9.17, 15) is 0 Å². The minimum absolute atomic E-state index is 0.0431. The van der Waals surface area contributed by atoms with Crippen LogP contribution in [0.15, 0.2) is 6.07 Å². The van der Waals surface area contributed by atoms with Gasteiger partial charge in [-0.15, -0.1) is 0 Å². The van der Waals surface area contributed by atoms with Gasteiger partial charge in [0.05, 0.1) is 24.0 Å². The molecule has 1 aromatic heterocycles. The molecule has 2 heterocycles. The summed E-state index contributed by atoms with van der Waals surface area (Å²) in [6, 6.07) is 2.97. The zero-order valence-corrected chi connectivity index (χ0v) is 9.40. The van der Waals surface area contributed by atoms with E-state index in [1.165, 1.54) is 12.8 Å². The molecule has 2 rings (SSSR count). The highest BCUT2D eigenvalue weighted by Gasteiger charge is 2.29. The SMILES string of the molecule is CC(C)N1CCC[C@@H]1c1cc(CO)[nH]n1. The van der Waals surface area contributed by atoms with Crippen molar-refractivity contribution in [2.24, 2.45) is 0 Å². The van der Waals surface area contributed by atoms with Crippen LogP contribution in [0.5, 0.6) is 0 Å². The van der Waals surface area contributed by atoms with Crippen LogP contribution in [0.1, 0.15) is 44.1 Å². The molecule has 0 spiro atoms. The number of likely N-dealkylation sites (tertiary alicyclic amines) is 1. The standard InChI is InChI=1S/C11H19N3O/c1-8(2)14-5-3-4-11(14)10-6-9(7-15)12-13-10/h6,8,11,15H,3-5,7H2,1-2H3,(H,12,13)/t11-/m1/s1. The van der Waals surface area contributed by atoms with E-state index in [1.807, 2.05) is 6.07 Å². The molecule has 1 saturated heterocycles. The molecule has 0 bridgehead atoms. The van der Waals surface area contributed by atoms with Gasteiger partial charge in [-0.1, -0.05) is 0 Å². The molecule has 4 nitrogen and oxygen atoms in total. The topological polar surface area (TPSA) is 52.1 Å². The Kier molecular flexibility index (Phi) is 3.07. The highest BCUT2D eigenvalue weighted by molar-refractivity contribution is 5.13. The van der Waals surface area contributed by atoms with Gasteiger partial charge in [0.2, 0.25) is 0 Å². The second-order valence-electron chi connectivity index (χ2n) is 4.47. The molecule has 1 aliphatic heterocycles. The van der Waals surface area contributed by atoms with Gasteiger partial charge >= 0.3 is 0 Å². The summed E-state index contributed by atoms with van der Waals surface area (Å²) in [6.07, 6.45) is 2.41. The number of nitrogens with one attached hydrogen (secondary N) is 1. The van der Waals surface area contributed by atoms with Gasteiger partial charge in [0, 0.05) is 6.04 Å². The van der Waals surface area contributed by atoms with E-state index in [-0.39, 0.29) is 6.61 Å². The Bertz CT molecular complexity index is 321. The van der Waals surface area contributed by atoms with Crippen LogP contribution in [0, 0.1) is 0 Å². The molecule has 0 aliphatic carbocycles. The van der Waals surface area contributed by atoms with Gasteiger partial charge < -0.3 is 5.11 Å². The summed E-state index contributed by atoms with van der Waals surface area (Å²) < 4.78 is 0. The Morgan fingerprint density at radius 3 is 3.07 bits per heavy atom. The number of rotatable bonds is 3.